The van der Waals surface area contributed by atoms with Crippen LogP contribution >= 0.6 is 0 Å². The maximum absolute atomic E-state index is 12.7. The van der Waals surface area contributed by atoms with E-state index in [-0.39, 0.29) is 17.3 Å². The number of hydrogen-bond donors (Lipinski definition) is 2. The van der Waals surface area contributed by atoms with Gasteiger partial charge in [0.15, 0.2) is 11.6 Å². The molecule has 2 aliphatic heterocycles. The number of nitrogen functional groups attached to an aromatic ring is 1. The fourth-order valence-corrected chi connectivity index (χ4v) is 5.07. The highest BCUT2D eigenvalue weighted by molar-refractivity contribution is 5.64. The number of imidazole rings is 1. The summed E-state index contributed by atoms with van der Waals surface area (Å²) in [6.07, 6.45) is 3.14. The molecule has 3 aromatic rings. The lowest BCUT2D eigenvalue weighted by atomic mass is 9.82. The Labute approximate surface area is 182 Å². The second-order valence-corrected chi connectivity index (χ2v) is 8.44. The monoisotopic (exact) mass is 447 g/mol. The number of hydrogen-bond acceptors (Lipinski definition) is 6. The number of aromatic nitrogens is 5. The Bertz CT molecular complexity index is 1110. The van der Waals surface area contributed by atoms with Crippen molar-refractivity contribution in [1.82, 2.24) is 29.6 Å². The standard InChI is InChI=1S/C21H24F3N7O/c1-2-15(19-26-5-6-27-19)30-7-3-20(12-30)4-8-31-17(20)10-14(29-31)13-9-16(18(25)28-11-13)32-21(22,23)24/h5-6,9-11,15H,2-4,7-8,12H2,1H3,(H2,25,28)(H,26,27)/t15?,20-/m1/s1. The smallest absolute Gasteiger partial charge is 0.402 e. The molecule has 0 radical (unpaired) electrons. The van der Waals surface area contributed by atoms with Gasteiger partial charge in [-0.2, -0.15) is 5.10 Å². The highest BCUT2D eigenvalue weighted by atomic mass is 19.4. The highest BCUT2D eigenvalue weighted by Gasteiger charge is 2.47. The lowest BCUT2D eigenvalue weighted by molar-refractivity contribution is -0.274. The van der Waals surface area contributed by atoms with Crippen LogP contribution < -0.4 is 10.5 Å². The van der Waals surface area contributed by atoms with Gasteiger partial charge in [-0.3, -0.25) is 9.58 Å². The van der Waals surface area contributed by atoms with Crippen molar-refractivity contribution in [3.63, 3.8) is 0 Å². The molecule has 1 unspecified atom stereocenters. The van der Waals surface area contributed by atoms with Gasteiger partial charge in [-0.1, -0.05) is 6.92 Å². The first-order valence-electron chi connectivity index (χ1n) is 10.6. The van der Waals surface area contributed by atoms with Crippen molar-refractivity contribution in [1.29, 1.82) is 0 Å². The second-order valence-electron chi connectivity index (χ2n) is 8.44. The molecule has 0 amide bonds. The van der Waals surface area contributed by atoms with E-state index in [1.54, 1.807) is 6.20 Å². The Morgan fingerprint density at radius 3 is 2.78 bits per heavy atom. The third-order valence-electron chi connectivity index (χ3n) is 6.57. The predicted octanol–water partition coefficient (Wildman–Crippen LogP) is 3.65. The second kappa shape index (κ2) is 7.51. The Balaban J connectivity index is 1.41. The van der Waals surface area contributed by atoms with Crippen LogP contribution in [0.25, 0.3) is 11.3 Å². The molecule has 5 heterocycles. The summed E-state index contributed by atoms with van der Waals surface area (Å²) in [7, 11) is 0. The number of nitrogens with two attached hydrogens (primary N) is 1. The van der Waals surface area contributed by atoms with Crippen molar-refractivity contribution < 1.29 is 17.9 Å². The van der Waals surface area contributed by atoms with Crippen LogP contribution in [0.1, 0.15) is 43.7 Å². The molecule has 3 aromatic heterocycles. The van der Waals surface area contributed by atoms with Gasteiger partial charge in [-0.15, -0.1) is 13.2 Å². The zero-order valence-electron chi connectivity index (χ0n) is 17.6. The van der Waals surface area contributed by atoms with Gasteiger partial charge < -0.3 is 15.5 Å². The van der Waals surface area contributed by atoms with Crippen molar-refractivity contribution >= 4 is 5.82 Å². The summed E-state index contributed by atoms with van der Waals surface area (Å²) in [5.74, 6) is 0.139. The number of anilines is 1. The van der Waals surface area contributed by atoms with E-state index < -0.39 is 12.1 Å². The van der Waals surface area contributed by atoms with E-state index in [1.807, 2.05) is 16.9 Å². The van der Waals surface area contributed by atoms with Crippen LogP contribution in [0, 0.1) is 0 Å². The average molecular weight is 447 g/mol. The topological polar surface area (TPSA) is 97.9 Å². The molecule has 2 atom stereocenters. The van der Waals surface area contributed by atoms with Crippen LogP contribution in [-0.4, -0.2) is 49.1 Å². The molecule has 0 bridgehead atoms. The number of fused-ring (bicyclic) bond motifs is 2. The van der Waals surface area contributed by atoms with Crippen molar-refractivity contribution in [2.75, 3.05) is 18.8 Å². The molecule has 11 heteroatoms. The van der Waals surface area contributed by atoms with Crippen LogP contribution in [0.5, 0.6) is 5.75 Å². The summed E-state index contributed by atoms with van der Waals surface area (Å²) in [4.78, 5) is 14.0. The van der Waals surface area contributed by atoms with Crippen LogP contribution in [0.3, 0.4) is 0 Å². The van der Waals surface area contributed by atoms with Crippen LogP contribution in [-0.2, 0) is 12.0 Å². The maximum atomic E-state index is 12.7. The van der Waals surface area contributed by atoms with Crippen molar-refractivity contribution in [2.45, 2.75) is 50.6 Å². The summed E-state index contributed by atoms with van der Waals surface area (Å²) >= 11 is 0. The summed E-state index contributed by atoms with van der Waals surface area (Å²) in [6, 6.07) is 3.43. The van der Waals surface area contributed by atoms with Gasteiger partial charge in [0.2, 0.25) is 0 Å². The van der Waals surface area contributed by atoms with Gasteiger partial charge in [0, 0.05) is 48.4 Å². The number of halogens is 3. The van der Waals surface area contributed by atoms with Crippen LogP contribution in [0.4, 0.5) is 19.0 Å². The molecule has 0 saturated carbocycles. The third kappa shape index (κ3) is 3.60. The number of nitrogens with zero attached hydrogens (tertiary/aromatic N) is 5. The number of H-pyrrole nitrogens is 1. The molecule has 1 spiro atoms. The number of nitrogens with one attached hydrogen (secondary N) is 1. The summed E-state index contributed by atoms with van der Waals surface area (Å²) in [5.41, 5.74) is 7.65. The Kier molecular flexibility index (Phi) is 4.88. The van der Waals surface area contributed by atoms with E-state index in [0.29, 0.717) is 11.3 Å². The molecule has 0 aliphatic carbocycles. The Hall–Kier alpha value is -3.08. The molecule has 170 valence electrons. The van der Waals surface area contributed by atoms with Gasteiger partial charge >= 0.3 is 6.36 Å². The van der Waals surface area contributed by atoms with E-state index in [2.05, 4.69) is 36.6 Å². The average Bonchev–Trinajstić information content (AvgIpc) is 3.51. The summed E-state index contributed by atoms with van der Waals surface area (Å²) < 4.78 is 44.0. The van der Waals surface area contributed by atoms with Gasteiger partial charge in [0.1, 0.15) is 5.82 Å². The molecule has 0 aromatic carbocycles. The van der Waals surface area contributed by atoms with Crippen molar-refractivity contribution in [3.8, 4) is 17.0 Å². The van der Waals surface area contributed by atoms with Gasteiger partial charge in [0.05, 0.1) is 11.7 Å². The van der Waals surface area contributed by atoms with E-state index in [1.165, 1.54) is 12.3 Å². The first kappa shape index (κ1) is 20.8. The molecule has 8 nitrogen and oxygen atoms in total. The predicted molar refractivity (Wildman–Crippen MR) is 111 cm³/mol. The lowest BCUT2D eigenvalue weighted by Crippen LogP contribution is -2.32. The summed E-state index contributed by atoms with van der Waals surface area (Å²) in [5, 5.41) is 4.65. The number of pyridine rings is 1. The highest BCUT2D eigenvalue weighted by Crippen LogP contribution is 2.46. The van der Waals surface area contributed by atoms with Gasteiger partial charge in [-0.05, 0) is 37.9 Å². The largest absolute Gasteiger partial charge is 0.573 e. The molecule has 32 heavy (non-hydrogen) atoms. The number of ether oxygens (including phenoxy) is 1. The molecule has 2 aliphatic rings. The molecule has 1 fully saturated rings. The third-order valence-corrected chi connectivity index (χ3v) is 6.57. The lowest BCUT2D eigenvalue weighted by Gasteiger charge is -2.28. The Morgan fingerprint density at radius 2 is 2.06 bits per heavy atom. The molecule has 5 rings (SSSR count). The number of aryl methyl sites for hydroxylation is 1. The molecule has 3 N–H and O–H groups in total. The first-order valence-corrected chi connectivity index (χ1v) is 10.6. The SMILES string of the molecule is CCC(c1ncc[nH]1)N1CC[C@@]2(CCn3nc(-c4cnc(N)c(OC(F)(F)F)c4)cc32)C1. The molecular weight excluding hydrogens is 423 g/mol. The minimum Gasteiger partial charge on any atom is -0.402 e. The van der Waals surface area contributed by atoms with Crippen LogP contribution in [0.15, 0.2) is 30.7 Å². The van der Waals surface area contributed by atoms with Crippen molar-refractivity contribution in [2.24, 2.45) is 0 Å². The normalized spacial score (nSPS) is 21.9. The number of alkyl halides is 3. The van der Waals surface area contributed by atoms with E-state index in [9.17, 15) is 13.2 Å². The fraction of sp³-hybridized carbons (Fsp3) is 0.476. The van der Waals surface area contributed by atoms with Gasteiger partial charge in [-0.25, -0.2) is 9.97 Å². The molecular formula is C21H24F3N7O. The molecule has 1 saturated heterocycles. The number of aromatic amines is 1. The van der Waals surface area contributed by atoms with E-state index in [4.69, 9.17) is 5.73 Å². The fourth-order valence-electron chi connectivity index (χ4n) is 5.07. The number of likely N-dealkylation sites (tertiary alicyclic amines) is 1. The first-order chi connectivity index (χ1) is 15.3. The van der Waals surface area contributed by atoms with Gasteiger partial charge in [0.25, 0.3) is 0 Å². The van der Waals surface area contributed by atoms with E-state index >= 15 is 0 Å². The van der Waals surface area contributed by atoms with E-state index in [0.717, 1.165) is 50.4 Å². The Morgan fingerprint density at radius 1 is 1.25 bits per heavy atom. The van der Waals surface area contributed by atoms with Crippen LogP contribution in [0.2, 0.25) is 0 Å². The number of rotatable bonds is 5. The minimum atomic E-state index is -4.84. The minimum absolute atomic E-state index is 0.0300. The summed E-state index contributed by atoms with van der Waals surface area (Å²) in [6.45, 7) is 4.77. The quantitative estimate of drug-likeness (QED) is 0.620. The zero-order chi connectivity index (χ0) is 22.5. The maximum Gasteiger partial charge on any atom is 0.573 e. The van der Waals surface area contributed by atoms with Crippen molar-refractivity contribution in [3.05, 3.63) is 42.2 Å². The zero-order valence-corrected chi connectivity index (χ0v) is 17.6.